The van der Waals surface area contributed by atoms with Crippen molar-refractivity contribution in [2.45, 2.75) is 24.8 Å². The lowest BCUT2D eigenvalue weighted by atomic mass is 10.0. The monoisotopic (exact) mass is 204 g/mol. The van der Waals surface area contributed by atoms with E-state index in [4.69, 9.17) is 5.73 Å². The van der Waals surface area contributed by atoms with E-state index in [1.165, 1.54) is 28.5 Å². The molecule has 1 aliphatic carbocycles. The van der Waals surface area contributed by atoms with E-state index < -0.39 is 0 Å². The van der Waals surface area contributed by atoms with Crippen molar-refractivity contribution in [1.82, 2.24) is 4.37 Å². The second-order valence-corrected chi connectivity index (χ2v) is 5.00. The average Bonchev–Trinajstić information content (AvgIpc) is 2.73. The van der Waals surface area contributed by atoms with Crippen LogP contribution in [-0.2, 0) is 6.42 Å². The van der Waals surface area contributed by atoms with Crippen molar-refractivity contribution in [3.63, 3.8) is 0 Å². The molecular formula is C11H12N2S. The number of fused-ring (bicyclic) bond motifs is 1. The van der Waals surface area contributed by atoms with E-state index in [9.17, 15) is 0 Å². The highest BCUT2D eigenvalue weighted by molar-refractivity contribution is 7.13. The number of rotatable bonds is 2. The van der Waals surface area contributed by atoms with Gasteiger partial charge in [0.1, 0.15) is 0 Å². The molecule has 1 heterocycles. The Labute approximate surface area is 86.9 Å². The summed E-state index contributed by atoms with van der Waals surface area (Å²) in [6.45, 7) is 0. The van der Waals surface area contributed by atoms with Crippen LogP contribution in [0.5, 0.6) is 0 Å². The third-order valence-corrected chi connectivity index (χ3v) is 3.79. The van der Waals surface area contributed by atoms with E-state index in [2.05, 4.69) is 22.6 Å². The van der Waals surface area contributed by atoms with Gasteiger partial charge >= 0.3 is 0 Å². The predicted molar refractivity (Wildman–Crippen MR) is 59.5 cm³/mol. The summed E-state index contributed by atoms with van der Waals surface area (Å²) in [5, 5.41) is 1.25. The summed E-state index contributed by atoms with van der Waals surface area (Å²) in [6.07, 6.45) is 5.27. The van der Waals surface area contributed by atoms with Gasteiger partial charge in [-0.1, -0.05) is 18.2 Å². The van der Waals surface area contributed by atoms with E-state index in [1.807, 2.05) is 6.20 Å². The minimum Gasteiger partial charge on any atom is -0.325 e. The summed E-state index contributed by atoms with van der Waals surface area (Å²) in [4.78, 5) is 0. The summed E-state index contributed by atoms with van der Waals surface area (Å²) in [5.41, 5.74) is 7.58. The molecule has 72 valence electrons. The predicted octanol–water partition coefficient (Wildman–Crippen LogP) is 2.33. The topological polar surface area (TPSA) is 38.9 Å². The lowest BCUT2D eigenvalue weighted by molar-refractivity contribution is 0.676. The molecule has 0 unspecified atom stereocenters. The molecule has 0 atom stereocenters. The van der Waals surface area contributed by atoms with Crippen molar-refractivity contribution in [2.24, 2.45) is 5.73 Å². The summed E-state index contributed by atoms with van der Waals surface area (Å²) in [5.74, 6) is 0. The third-order valence-electron chi connectivity index (χ3n) is 2.90. The lowest BCUT2D eigenvalue weighted by Gasteiger charge is -2.08. The van der Waals surface area contributed by atoms with Crippen LogP contribution in [0.3, 0.4) is 0 Å². The van der Waals surface area contributed by atoms with Crippen LogP contribution in [0.1, 0.15) is 18.4 Å². The molecule has 0 spiro atoms. The summed E-state index contributed by atoms with van der Waals surface area (Å²) in [7, 11) is 0. The molecule has 1 fully saturated rings. The third kappa shape index (κ3) is 1.33. The van der Waals surface area contributed by atoms with Gasteiger partial charge in [-0.2, -0.15) is 4.37 Å². The van der Waals surface area contributed by atoms with Crippen molar-refractivity contribution in [2.75, 3.05) is 0 Å². The van der Waals surface area contributed by atoms with Crippen molar-refractivity contribution < 1.29 is 0 Å². The summed E-state index contributed by atoms with van der Waals surface area (Å²) < 4.78 is 5.52. The van der Waals surface area contributed by atoms with Gasteiger partial charge < -0.3 is 5.73 Å². The maximum absolute atomic E-state index is 6.12. The molecule has 1 aliphatic rings. The Morgan fingerprint density at radius 1 is 1.43 bits per heavy atom. The van der Waals surface area contributed by atoms with Gasteiger partial charge in [0.2, 0.25) is 0 Å². The molecular weight excluding hydrogens is 192 g/mol. The number of aromatic nitrogens is 1. The van der Waals surface area contributed by atoms with Crippen molar-refractivity contribution in [3.8, 4) is 0 Å². The molecule has 1 aromatic carbocycles. The van der Waals surface area contributed by atoms with Gasteiger partial charge in [0.05, 0.1) is 4.70 Å². The van der Waals surface area contributed by atoms with E-state index >= 15 is 0 Å². The maximum Gasteiger partial charge on any atom is 0.0582 e. The van der Waals surface area contributed by atoms with Crippen molar-refractivity contribution in [1.29, 1.82) is 0 Å². The van der Waals surface area contributed by atoms with Gasteiger partial charge in [-0.05, 0) is 36.4 Å². The van der Waals surface area contributed by atoms with Gasteiger partial charge in [0.15, 0.2) is 0 Å². The van der Waals surface area contributed by atoms with Gasteiger partial charge in [-0.25, -0.2) is 0 Å². The van der Waals surface area contributed by atoms with E-state index in [1.54, 1.807) is 11.5 Å². The Bertz CT molecular complexity index is 471. The minimum absolute atomic E-state index is 0.0955. The van der Waals surface area contributed by atoms with Crippen LogP contribution in [0.25, 0.3) is 10.1 Å². The molecule has 0 saturated heterocycles. The molecule has 0 radical (unpaired) electrons. The first kappa shape index (κ1) is 8.38. The Morgan fingerprint density at radius 3 is 3.07 bits per heavy atom. The molecule has 2 N–H and O–H groups in total. The first-order chi connectivity index (χ1) is 6.77. The molecule has 14 heavy (non-hydrogen) atoms. The summed E-state index contributed by atoms with van der Waals surface area (Å²) in [6, 6.07) is 6.38. The van der Waals surface area contributed by atoms with Crippen LogP contribution < -0.4 is 5.73 Å². The Morgan fingerprint density at radius 2 is 2.29 bits per heavy atom. The molecule has 0 amide bonds. The van der Waals surface area contributed by atoms with Crippen LogP contribution in [0, 0.1) is 0 Å². The number of nitrogens with two attached hydrogens (primary N) is 1. The normalized spacial score (nSPS) is 18.6. The van der Waals surface area contributed by atoms with Crippen LogP contribution in [-0.4, -0.2) is 9.91 Å². The Balaban J connectivity index is 2.06. The fraction of sp³-hybridized carbons (Fsp3) is 0.364. The SMILES string of the molecule is NC1(Cc2cccc3cnsc23)CC1. The van der Waals surface area contributed by atoms with Crippen LogP contribution >= 0.6 is 11.5 Å². The van der Waals surface area contributed by atoms with E-state index in [0.717, 1.165) is 6.42 Å². The minimum atomic E-state index is 0.0955. The van der Waals surface area contributed by atoms with Gasteiger partial charge in [-0.15, -0.1) is 0 Å². The van der Waals surface area contributed by atoms with Crippen molar-refractivity contribution in [3.05, 3.63) is 30.0 Å². The number of nitrogens with zero attached hydrogens (tertiary/aromatic N) is 1. The zero-order valence-corrected chi connectivity index (χ0v) is 8.68. The average molecular weight is 204 g/mol. The molecule has 3 rings (SSSR count). The highest BCUT2D eigenvalue weighted by atomic mass is 32.1. The van der Waals surface area contributed by atoms with E-state index in [0.29, 0.717) is 0 Å². The first-order valence-corrected chi connectivity index (χ1v) is 5.65. The lowest BCUT2D eigenvalue weighted by Crippen LogP contribution is -2.24. The first-order valence-electron chi connectivity index (χ1n) is 4.88. The van der Waals surface area contributed by atoms with E-state index in [-0.39, 0.29) is 5.54 Å². The van der Waals surface area contributed by atoms with Crippen LogP contribution in [0.2, 0.25) is 0 Å². The zero-order valence-electron chi connectivity index (χ0n) is 7.86. The Hall–Kier alpha value is -0.930. The smallest absolute Gasteiger partial charge is 0.0582 e. The summed E-state index contributed by atoms with van der Waals surface area (Å²) >= 11 is 1.58. The number of benzene rings is 1. The fourth-order valence-electron chi connectivity index (χ4n) is 1.81. The molecule has 0 bridgehead atoms. The molecule has 0 aliphatic heterocycles. The van der Waals surface area contributed by atoms with Gasteiger partial charge in [0.25, 0.3) is 0 Å². The maximum atomic E-state index is 6.12. The largest absolute Gasteiger partial charge is 0.325 e. The van der Waals surface area contributed by atoms with Gasteiger partial charge in [-0.3, -0.25) is 0 Å². The number of hydrogen-bond acceptors (Lipinski definition) is 3. The second-order valence-electron chi connectivity index (χ2n) is 4.20. The fourth-order valence-corrected chi connectivity index (χ4v) is 2.56. The Kier molecular flexibility index (Phi) is 1.66. The zero-order chi connectivity index (χ0) is 9.60. The molecule has 1 aromatic heterocycles. The highest BCUT2D eigenvalue weighted by Gasteiger charge is 2.38. The molecule has 3 heteroatoms. The second kappa shape index (κ2) is 2.78. The van der Waals surface area contributed by atoms with Crippen molar-refractivity contribution >= 4 is 21.6 Å². The highest BCUT2D eigenvalue weighted by Crippen LogP contribution is 2.37. The van der Waals surface area contributed by atoms with Gasteiger partial charge in [0, 0.05) is 17.1 Å². The molecule has 2 aromatic rings. The quantitative estimate of drug-likeness (QED) is 0.815. The number of hydrogen-bond donors (Lipinski definition) is 1. The molecule has 2 nitrogen and oxygen atoms in total. The molecule has 1 saturated carbocycles. The van der Waals surface area contributed by atoms with Crippen LogP contribution in [0.4, 0.5) is 0 Å². The van der Waals surface area contributed by atoms with Crippen LogP contribution in [0.15, 0.2) is 24.4 Å². The standard InChI is InChI=1S/C11H12N2S/c12-11(4-5-11)6-8-2-1-3-9-7-13-14-10(8)9/h1-3,7H,4-6,12H2.